The van der Waals surface area contributed by atoms with Gasteiger partial charge in [-0.3, -0.25) is 0 Å². The Balaban J connectivity index is 1.61. The lowest BCUT2D eigenvalue weighted by atomic mass is 10.2. The number of piperazine rings is 1. The highest BCUT2D eigenvalue weighted by atomic mass is 19.1. The fourth-order valence-electron chi connectivity index (χ4n) is 2.42. The second kappa shape index (κ2) is 7.57. The molecule has 0 radical (unpaired) electrons. The van der Waals surface area contributed by atoms with Gasteiger partial charge >= 0.3 is 0 Å². The van der Waals surface area contributed by atoms with E-state index in [1.807, 2.05) is 0 Å². The summed E-state index contributed by atoms with van der Waals surface area (Å²) in [6.45, 7) is 7.04. The van der Waals surface area contributed by atoms with Crippen LogP contribution in [-0.4, -0.2) is 61.2 Å². The summed E-state index contributed by atoms with van der Waals surface area (Å²) in [5.74, 6) is -0.791. The van der Waals surface area contributed by atoms with Gasteiger partial charge in [0, 0.05) is 38.3 Å². The Bertz CT molecular complexity index is 420. The van der Waals surface area contributed by atoms with Crippen LogP contribution >= 0.6 is 0 Å². The average Bonchev–Trinajstić information content (AvgIpc) is 2.45. The van der Waals surface area contributed by atoms with Crippen molar-refractivity contribution in [2.75, 3.05) is 46.3 Å². The van der Waals surface area contributed by atoms with E-state index in [4.69, 9.17) is 0 Å². The van der Waals surface area contributed by atoms with Crippen LogP contribution in [0.5, 0.6) is 5.75 Å². The van der Waals surface area contributed by atoms with Crippen molar-refractivity contribution in [2.24, 2.45) is 0 Å². The number of rotatable bonds is 6. The van der Waals surface area contributed by atoms with Gasteiger partial charge in [0.2, 0.25) is 0 Å². The molecule has 0 saturated carbocycles. The molecule has 1 aromatic carbocycles. The van der Waals surface area contributed by atoms with E-state index in [0.717, 1.165) is 45.7 Å². The maximum atomic E-state index is 13.1. The summed E-state index contributed by atoms with van der Waals surface area (Å²) in [7, 11) is 2.16. The molecule has 0 unspecified atom stereocenters. The number of benzene rings is 1. The van der Waals surface area contributed by atoms with Crippen LogP contribution in [0.4, 0.5) is 4.39 Å². The maximum absolute atomic E-state index is 13.1. The number of nitrogens with one attached hydrogen (secondary N) is 1. The zero-order valence-electron chi connectivity index (χ0n) is 12.1. The van der Waals surface area contributed by atoms with Crippen LogP contribution in [-0.2, 0) is 6.54 Å². The SMILES string of the molecule is CN1CCN(CCCNCc2cccc(F)c2O)CC1. The number of aromatic hydroxyl groups is 1. The molecule has 0 atom stereocenters. The second-order valence-electron chi connectivity index (χ2n) is 5.42. The fraction of sp³-hybridized carbons (Fsp3) is 0.600. The van der Waals surface area contributed by atoms with Gasteiger partial charge in [0.25, 0.3) is 0 Å². The van der Waals surface area contributed by atoms with Crippen LogP contribution < -0.4 is 5.32 Å². The highest BCUT2D eigenvalue weighted by Crippen LogP contribution is 2.20. The highest BCUT2D eigenvalue weighted by Gasteiger charge is 2.12. The predicted octanol–water partition coefficient (Wildman–Crippen LogP) is 1.26. The lowest BCUT2D eigenvalue weighted by Gasteiger charge is -2.32. The van der Waals surface area contributed by atoms with Crippen LogP contribution in [0.25, 0.3) is 0 Å². The third kappa shape index (κ3) is 4.44. The highest BCUT2D eigenvalue weighted by molar-refractivity contribution is 5.33. The van der Waals surface area contributed by atoms with Crippen LogP contribution in [0, 0.1) is 5.82 Å². The third-order valence-corrected chi connectivity index (χ3v) is 3.81. The first-order chi connectivity index (χ1) is 9.66. The lowest BCUT2D eigenvalue weighted by Crippen LogP contribution is -2.45. The molecule has 0 spiro atoms. The van der Waals surface area contributed by atoms with Crippen molar-refractivity contribution in [2.45, 2.75) is 13.0 Å². The number of likely N-dealkylation sites (N-methyl/N-ethyl adjacent to an activating group) is 1. The molecule has 1 saturated heterocycles. The second-order valence-corrected chi connectivity index (χ2v) is 5.42. The summed E-state index contributed by atoms with van der Waals surface area (Å²) in [4.78, 5) is 4.82. The molecule has 4 nitrogen and oxygen atoms in total. The molecule has 1 heterocycles. The molecule has 1 fully saturated rings. The minimum Gasteiger partial charge on any atom is -0.505 e. The predicted molar refractivity (Wildman–Crippen MR) is 78.3 cm³/mol. The van der Waals surface area contributed by atoms with Crippen molar-refractivity contribution in [3.63, 3.8) is 0 Å². The van der Waals surface area contributed by atoms with Crippen molar-refractivity contribution in [3.05, 3.63) is 29.6 Å². The number of halogens is 1. The molecule has 112 valence electrons. The quantitative estimate of drug-likeness (QED) is 0.770. The van der Waals surface area contributed by atoms with E-state index in [9.17, 15) is 9.50 Å². The van der Waals surface area contributed by atoms with Crippen molar-refractivity contribution >= 4 is 0 Å². The smallest absolute Gasteiger partial charge is 0.165 e. The molecule has 2 rings (SSSR count). The molecule has 1 aromatic rings. The topological polar surface area (TPSA) is 38.7 Å². The van der Waals surface area contributed by atoms with E-state index >= 15 is 0 Å². The molecular formula is C15H24FN3O. The van der Waals surface area contributed by atoms with Crippen LogP contribution in [0.2, 0.25) is 0 Å². The van der Waals surface area contributed by atoms with Crippen molar-refractivity contribution in [1.82, 2.24) is 15.1 Å². The largest absolute Gasteiger partial charge is 0.505 e. The van der Waals surface area contributed by atoms with Gasteiger partial charge in [-0.15, -0.1) is 0 Å². The first-order valence-corrected chi connectivity index (χ1v) is 7.25. The van der Waals surface area contributed by atoms with Crippen molar-refractivity contribution < 1.29 is 9.50 Å². The normalized spacial score (nSPS) is 17.5. The molecule has 5 heteroatoms. The van der Waals surface area contributed by atoms with Gasteiger partial charge in [-0.05, 0) is 32.6 Å². The Morgan fingerprint density at radius 1 is 1.25 bits per heavy atom. The Morgan fingerprint density at radius 2 is 2.00 bits per heavy atom. The first kappa shape index (κ1) is 15.2. The number of hydrogen-bond donors (Lipinski definition) is 2. The Kier molecular flexibility index (Phi) is 5.76. The Morgan fingerprint density at radius 3 is 2.75 bits per heavy atom. The number of para-hydroxylation sites is 1. The minimum atomic E-state index is -0.554. The van der Waals surface area contributed by atoms with Crippen LogP contribution in [0.3, 0.4) is 0 Å². The van der Waals surface area contributed by atoms with Crippen molar-refractivity contribution in [1.29, 1.82) is 0 Å². The lowest BCUT2D eigenvalue weighted by molar-refractivity contribution is 0.152. The summed E-state index contributed by atoms with van der Waals surface area (Å²) in [5, 5.41) is 12.8. The molecular weight excluding hydrogens is 257 g/mol. The molecule has 1 aliphatic heterocycles. The van der Waals surface area contributed by atoms with Gasteiger partial charge in [0.15, 0.2) is 11.6 Å². The maximum Gasteiger partial charge on any atom is 0.165 e. The van der Waals surface area contributed by atoms with E-state index in [-0.39, 0.29) is 5.75 Å². The fourth-order valence-corrected chi connectivity index (χ4v) is 2.42. The van der Waals surface area contributed by atoms with E-state index in [1.54, 1.807) is 12.1 Å². The number of phenolic OH excluding ortho intramolecular Hbond substituents is 1. The van der Waals surface area contributed by atoms with E-state index in [2.05, 4.69) is 22.2 Å². The summed E-state index contributed by atoms with van der Waals surface area (Å²) < 4.78 is 13.1. The first-order valence-electron chi connectivity index (χ1n) is 7.25. The molecule has 0 amide bonds. The van der Waals surface area contributed by atoms with Gasteiger partial charge in [-0.25, -0.2) is 4.39 Å². The Hall–Kier alpha value is -1.17. The standard InChI is InChI=1S/C15H24FN3O/c1-18-8-10-19(11-9-18)7-3-6-17-12-13-4-2-5-14(16)15(13)20/h2,4-5,17,20H,3,6-12H2,1H3. The van der Waals surface area contributed by atoms with E-state index in [1.165, 1.54) is 6.07 Å². The van der Waals surface area contributed by atoms with Gasteiger partial charge in [-0.1, -0.05) is 12.1 Å². The van der Waals surface area contributed by atoms with Gasteiger partial charge in [-0.2, -0.15) is 0 Å². The van der Waals surface area contributed by atoms with Crippen molar-refractivity contribution in [3.8, 4) is 5.75 Å². The molecule has 0 aliphatic carbocycles. The van der Waals surface area contributed by atoms with Gasteiger partial charge < -0.3 is 20.2 Å². The summed E-state index contributed by atoms with van der Waals surface area (Å²) in [6, 6.07) is 4.63. The Labute approximate surface area is 120 Å². The van der Waals surface area contributed by atoms with E-state index in [0.29, 0.717) is 12.1 Å². The van der Waals surface area contributed by atoms with E-state index < -0.39 is 5.82 Å². The van der Waals surface area contributed by atoms with Gasteiger partial charge in [0.05, 0.1) is 0 Å². The number of phenols is 1. The molecule has 0 bridgehead atoms. The molecule has 0 aromatic heterocycles. The minimum absolute atomic E-state index is 0.237. The number of hydrogen-bond acceptors (Lipinski definition) is 4. The number of nitrogens with zero attached hydrogens (tertiary/aromatic N) is 2. The summed E-state index contributed by atoms with van der Waals surface area (Å²) >= 11 is 0. The molecule has 1 aliphatic rings. The summed E-state index contributed by atoms with van der Waals surface area (Å²) in [5.41, 5.74) is 0.615. The molecule has 20 heavy (non-hydrogen) atoms. The monoisotopic (exact) mass is 281 g/mol. The van der Waals surface area contributed by atoms with Crippen LogP contribution in [0.1, 0.15) is 12.0 Å². The molecule has 2 N–H and O–H groups in total. The summed E-state index contributed by atoms with van der Waals surface area (Å²) in [6.07, 6.45) is 1.07. The zero-order valence-corrected chi connectivity index (χ0v) is 12.1. The third-order valence-electron chi connectivity index (χ3n) is 3.81. The zero-order chi connectivity index (χ0) is 14.4. The van der Waals surface area contributed by atoms with Crippen LogP contribution in [0.15, 0.2) is 18.2 Å². The van der Waals surface area contributed by atoms with Gasteiger partial charge in [0.1, 0.15) is 0 Å². The average molecular weight is 281 g/mol.